The summed E-state index contributed by atoms with van der Waals surface area (Å²) in [4.78, 5) is 16.7. The predicted molar refractivity (Wildman–Crippen MR) is 92.6 cm³/mol. The van der Waals surface area contributed by atoms with Crippen molar-refractivity contribution in [2.24, 2.45) is 5.92 Å². The van der Waals surface area contributed by atoms with Crippen LogP contribution in [0.4, 0.5) is 0 Å². The van der Waals surface area contributed by atoms with Crippen molar-refractivity contribution < 1.29 is 14.3 Å². The highest BCUT2D eigenvalue weighted by Gasteiger charge is 2.28. The lowest BCUT2D eigenvalue weighted by Crippen LogP contribution is -2.46. The van der Waals surface area contributed by atoms with Crippen molar-refractivity contribution in [3.8, 4) is 0 Å². The molecule has 1 atom stereocenters. The molecule has 0 saturated carbocycles. The van der Waals surface area contributed by atoms with Gasteiger partial charge in [0.1, 0.15) is 0 Å². The van der Waals surface area contributed by atoms with Gasteiger partial charge in [-0.15, -0.1) is 0 Å². The Morgan fingerprint density at radius 3 is 2.62 bits per heavy atom. The number of likely N-dealkylation sites (tertiary alicyclic amines) is 1. The Labute approximate surface area is 144 Å². The first-order valence-corrected chi connectivity index (χ1v) is 8.93. The van der Waals surface area contributed by atoms with E-state index < -0.39 is 6.10 Å². The molecule has 0 radical (unpaired) electrons. The van der Waals surface area contributed by atoms with Gasteiger partial charge in [0, 0.05) is 20.1 Å². The molecule has 1 amide bonds. The van der Waals surface area contributed by atoms with Crippen LogP contribution in [0, 0.1) is 5.92 Å². The molecule has 132 valence electrons. The van der Waals surface area contributed by atoms with Crippen molar-refractivity contribution in [2.45, 2.75) is 25.5 Å². The van der Waals surface area contributed by atoms with Crippen molar-refractivity contribution >= 4 is 5.91 Å². The summed E-state index contributed by atoms with van der Waals surface area (Å²) in [5, 5.41) is 0. The van der Waals surface area contributed by atoms with Crippen LogP contribution in [0.1, 0.15) is 18.4 Å². The summed E-state index contributed by atoms with van der Waals surface area (Å²) in [5.74, 6) is 0.636. The molecule has 0 unspecified atom stereocenters. The van der Waals surface area contributed by atoms with Gasteiger partial charge < -0.3 is 14.4 Å². The second-order valence-electron chi connectivity index (χ2n) is 6.86. The average Bonchev–Trinajstić information content (AvgIpc) is 2.64. The fourth-order valence-corrected chi connectivity index (χ4v) is 3.52. The Bertz CT molecular complexity index is 509. The molecule has 2 aliphatic heterocycles. The van der Waals surface area contributed by atoms with Crippen LogP contribution >= 0.6 is 0 Å². The van der Waals surface area contributed by atoms with Gasteiger partial charge in [-0.05, 0) is 37.4 Å². The van der Waals surface area contributed by atoms with Crippen molar-refractivity contribution in [3.05, 3.63) is 35.9 Å². The SMILES string of the molecule is CN(CC1CCN(Cc2ccccc2)CC1)C(=O)[C@H]1COCCO1. The van der Waals surface area contributed by atoms with Crippen LogP contribution in [-0.4, -0.2) is 68.3 Å². The molecule has 0 aliphatic carbocycles. The first kappa shape index (κ1) is 17.4. The topological polar surface area (TPSA) is 42.0 Å². The molecule has 5 nitrogen and oxygen atoms in total. The Morgan fingerprint density at radius 1 is 1.21 bits per heavy atom. The van der Waals surface area contributed by atoms with E-state index in [2.05, 4.69) is 35.2 Å². The summed E-state index contributed by atoms with van der Waals surface area (Å²) >= 11 is 0. The van der Waals surface area contributed by atoms with Crippen molar-refractivity contribution in [1.82, 2.24) is 9.80 Å². The van der Waals surface area contributed by atoms with Gasteiger partial charge in [-0.25, -0.2) is 0 Å². The minimum Gasteiger partial charge on any atom is -0.376 e. The van der Waals surface area contributed by atoms with Gasteiger partial charge in [0.05, 0.1) is 19.8 Å². The van der Waals surface area contributed by atoms with Crippen molar-refractivity contribution in [1.29, 1.82) is 0 Å². The first-order chi connectivity index (χ1) is 11.7. The summed E-state index contributed by atoms with van der Waals surface area (Å²) in [7, 11) is 1.89. The number of carbonyl (C=O) groups excluding carboxylic acids is 1. The number of amides is 1. The molecular formula is C19H28N2O3. The fourth-order valence-electron chi connectivity index (χ4n) is 3.52. The first-order valence-electron chi connectivity index (χ1n) is 8.93. The zero-order valence-corrected chi connectivity index (χ0v) is 14.5. The number of hydrogen-bond donors (Lipinski definition) is 0. The minimum atomic E-state index is -0.415. The Kier molecular flexibility index (Phi) is 6.24. The lowest BCUT2D eigenvalue weighted by Gasteiger charge is -2.35. The maximum absolute atomic E-state index is 12.4. The molecule has 24 heavy (non-hydrogen) atoms. The molecule has 2 saturated heterocycles. The van der Waals surface area contributed by atoms with E-state index >= 15 is 0 Å². The predicted octanol–water partition coefficient (Wildman–Crippen LogP) is 1.77. The van der Waals surface area contributed by atoms with E-state index in [0.29, 0.717) is 25.7 Å². The zero-order chi connectivity index (χ0) is 16.8. The second kappa shape index (κ2) is 8.60. The molecule has 2 fully saturated rings. The number of hydrogen-bond acceptors (Lipinski definition) is 4. The van der Waals surface area contributed by atoms with Crippen LogP contribution in [0.3, 0.4) is 0 Å². The van der Waals surface area contributed by atoms with Crippen molar-refractivity contribution in [2.75, 3.05) is 46.5 Å². The monoisotopic (exact) mass is 332 g/mol. The lowest BCUT2D eigenvalue weighted by atomic mass is 9.95. The lowest BCUT2D eigenvalue weighted by molar-refractivity contribution is -0.157. The molecular weight excluding hydrogens is 304 g/mol. The summed E-state index contributed by atoms with van der Waals surface area (Å²) in [6.45, 7) is 5.54. The number of piperidine rings is 1. The van der Waals surface area contributed by atoms with Crippen LogP contribution in [-0.2, 0) is 20.8 Å². The van der Waals surface area contributed by atoms with E-state index in [0.717, 1.165) is 39.0 Å². The summed E-state index contributed by atoms with van der Waals surface area (Å²) in [6, 6.07) is 10.6. The van der Waals surface area contributed by atoms with E-state index in [9.17, 15) is 4.79 Å². The van der Waals surface area contributed by atoms with Crippen molar-refractivity contribution in [3.63, 3.8) is 0 Å². The van der Waals surface area contributed by atoms with Gasteiger partial charge in [-0.2, -0.15) is 0 Å². The van der Waals surface area contributed by atoms with Crippen LogP contribution in [0.5, 0.6) is 0 Å². The molecule has 1 aromatic rings. The third-order valence-electron chi connectivity index (χ3n) is 4.96. The third kappa shape index (κ3) is 4.79. The van der Waals surface area contributed by atoms with E-state index in [1.807, 2.05) is 11.9 Å². The Balaban J connectivity index is 1.40. The molecule has 3 rings (SSSR count). The third-order valence-corrected chi connectivity index (χ3v) is 4.96. The molecule has 2 aliphatic rings. The van der Waals surface area contributed by atoms with E-state index in [1.165, 1.54) is 5.56 Å². The Hall–Kier alpha value is -1.43. The zero-order valence-electron chi connectivity index (χ0n) is 14.5. The molecule has 0 bridgehead atoms. The molecule has 5 heteroatoms. The number of nitrogens with zero attached hydrogens (tertiary/aromatic N) is 2. The average molecular weight is 332 g/mol. The van der Waals surface area contributed by atoms with E-state index in [-0.39, 0.29) is 5.91 Å². The number of benzene rings is 1. The smallest absolute Gasteiger partial charge is 0.253 e. The van der Waals surface area contributed by atoms with Crippen LogP contribution < -0.4 is 0 Å². The van der Waals surface area contributed by atoms with Gasteiger partial charge in [0.2, 0.25) is 0 Å². The molecule has 0 spiro atoms. The second-order valence-corrected chi connectivity index (χ2v) is 6.86. The summed E-state index contributed by atoms with van der Waals surface area (Å²) < 4.78 is 10.8. The van der Waals surface area contributed by atoms with Crippen LogP contribution in [0.2, 0.25) is 0 Å². The normalized spacial score (nSPS) is 23.1. The number of rotatable bonds is 5. The summed E-state index contributed by atoms with van der Waals surface area (Å²) in [6.07, 6.45) is 1.88. The molecule has 2 heterocycles. The Morgan fingerprint density at radius 2 is 1.96 bits per heavy atom. The quantitative estimate of drug-likeness (QED) is 0.824. The van der Waals surface area contributed by atoms with Gasteiger partial charge >= 0.3 is 0 Å². The van der Waals surface area contributed by atoms with Gasteiger partial charge in [0.15, 0.2) is 6.10 Å². The maximum Gasteiger partial charge on any atom is 0.253 e. The molecule has 1 aromatic carbocycles. The number of carbonyl (C=O) groups is 1. The number of ether oxygens (including phenoxy) is 2. The van der Waals surface area contributed by atoms with E-state index in [4.69, 9.17) is 9.47 Å². The van der Waals surface area contributed by atoms with E-state index in [1.54, 1.807) is 0 Å². The number of likely N-dealkylation sites (N-methyl/N-ethyl adjacent to an activating group) is 1. The van der Waals surface area contributed by atoms with Gasteiger partial charge in [-0.1, -0.05) is 30.3 Å². The van der Waals surface area contributed by atoms with Crippen LogP contribution in [0.15, 0.2) is 30.3 Å². The van der Waals surface area contributed by atoms with Gasteiger partial charge in [0.25, 0.3) is 5.91 Å². The minimum absolute atomic E-state index is 0.0569. The largest absolute Gasteiger partial charge is 0.376 e. The van der Waals surface area contributed by atoms with Crippen LogP contribution in [0.25, 0.3) is 0 Å². The molecule has 0 aromatic heterocycles. The fraction of sp³-hybridized carbons (Fsp3) is 0.632. The highest BCUT2D eigenvalue weighted by molar-refractivity contribution is 5.80. The maximum atomic E-state index is 12.4. The molecule has 0 N–H and O–H groups in total. The highest BCUT2D eigenvalue weighted by Crippen LogP contribution is 2.20. The summed E-state index contributed by atoms with van der Waals surface area (Å²) in [5.41, 5.74) is 1.37. The standard InChI is InChI=1S/C19H28N2O3/c1-20(19(22)18-15-23-11-12-24-18)13-17-7-9-21(10-8-17)14-16-5-3-2-4-6-16/h2-6,17-18H,7-15H2,1H3/t18-/m1/s1. The van der Waals surface area contributed by atoms with Gasteiger partial charge in [-0.3, -0.25) is 9.69 Å². The highest BCUT2D eigenvalue weighted by atomic mass is 16.6.